The molecule has 2 N–H and O–H groups in total. The molecule has 0 unspecified atom stereocenters. The molecule has 1 fully saturated rings. The van der Waals surface area contributed by atoms with Crippen LogP contribution in [0.25, 0.3) is 10.9 Å². The van der Waals surface area contributed by atoms with Crippen molar-refractivity contribution < 1.29 is 19.0 Å². The lowest BCUT2D eigenvalue weighted by Gasteiger charge is -2.32. The highest BCUT2D eigenvalue weighted by Crippen LogP contribution is 2.26. The van der Waals surface area contributed by atoms with Crippen LogP contribution in [0, 0.1) is 0 Å². The molecule has 0 spiro atoms. The van der Waals surface area contributed by atoms with E-state index in [4.69, 9.17) is 19.9 Å². The van der Waals surface area contributed by atoms with Gasteiger partial charge in [0.25, 0.3) is 5.56 Å². The highest BCUT2D eigenvalue weighted by Gasteiger charge is 2.23. The summed E-state index contributed by atoms with van der Waals surface area (Å²) in [5, 5.41) is 0.913. The van der Waals surface area contributed by atoms with Gasteiger partial charge in [0.1, 0.15) is 11.5 Å². The number of primary amides is 1. The maximum atomic E-state index is 13.8. The third-order valence-electron chi connectivity index (χ3n) is 6.92. The average Bonchev–Trinajstić information content (AvgIpc) is 2.93. The number of benzene rings is 2. The summed E-state index contributed by atoms with van der Waals surface area (Å²) in [6, 6.07) is 16.7. The van der Waals surface area contributed by atoms with Crippen molar-refractivity contribution in [1.82, 2.24) is 14.4 Å². The van der Waals surface area contributed by atoms with Gasteiger partial charge in [-0.2, -0.15) is 0 Å². The number of nitrogens with two attached hydrogens (primary N) is 1. The molecule has 2 heterocycles. The fourth-order valence-corrected chi connectivity index (χ4v) is 4.64. The van der Waals surface area contributed by atoms with Crippen molar-refractivity contribution in [2.24, 2.45) is 5.73 Å². The van der Waals surface area contributed by atoms with Gasteiger partial charge in [-0.15, -0.1) is 0 Å². The summed E-state index contributed by atoms with van der Waals surface area (Å²) < 4.78 is 18.8. The Labute approximate surface area is 223 Å². The molecule has 1 aliphatic rings. The maximum Gasteiger partial charge on any atom is 0.255 e. The number of carbonyl (C=O) groups excluding carboxylic acids is 1. The topological polar surface area (TPSA) is 99.3 Å². The first-order valence-corrected chi connectivity index (χ1v) is 13.3. The lowest BCUT2D eigenvalue weighted by molar-refractivity contribution is -0.123. The molecule has 38 heavy (non-hydrogen) atoms. The predicted octanol–water partition coefficient (Wildman–Crippen LogP) is 2.84. The molecule has 204 valence electrons. The van der Waals surface area contributed by atoms with E-state index in [1.54, 1.807) is 11.5 Å². The summed E-state index contributed by atoms with van der Waals surface area (Å²) in [7, 11) is 0. The van der Waals surface area contributed by atoms with Crippen LogP contribution in [0.2, 0.25) is 0 Å². The van der Waals surface area contributed by atoms with Gasteiger partial charge in [-0.05, 0) is 49.6 Å². The molecule has 1 aliphatic heterocycles. The third kappa shape index (κ3) is 7.20. The number of rotatable bonds is 13. The van der Waals surface area contributed by atoms with Crippen molar-refractivity contribution in [2.75, 3.05) is 52.6 Å². The molecule has 0 saturated carbocycles. The summed E-state index contributed by atoms with van der Waals surface area (Å²) in [6.45, 7) is 9.94. The molecular weight excluding hydrogens is 484 g/mol. The molecule has 4 rings (SSSR count). The summed E-state index contributed by atoms with van der Waals surface area (Å²) in [6.07, 6.45) is 0. The zero-order chi connectivity index (χ0) is 26.9. The largest absolute Gasteiger partial charge is 0.457 e. The van der Waals surface area contributed by atoms with Crippen LogP contribution in [0.5, 0.6) is 11.5 Å². The first kappa shape index (κ1) is 27.8. The molecule has 2 aromatic carbocycles. The van der Waals surface area contributed by atoms with Gasteiger partial charge in [-0.25, -0.2) is 0 Å². The van der Waals surface area contributed by atoms with Crippen molar-refractivity contribution in [3.63, 3.8) is 0 Å². The maximum absolute atomic E-state index is 13.8. The van der Waals surface area contributed by atoms with Crippen LogP contribution >= 0.6 is 0 Å². The lowest BCUT2D eigenvalue weighted by Crippen LogP contribution is -2.48. The lowest BCUT2D eigenvalue weighted by atomic mass is 10.1. The highest BCUT2D eigenvalue weighted by molar-refractivity contribution is 5.81. The Hall–Kier alpha value is -3.24. The van der Waals surface area contributed by atoms with Crippen LogP contribution in [0.4, 0.5) is 0 Å². The fraction of sp³-hybridized carbons (Fsp3) is 0.448. The minimum absolute atomic E-state index is 0.109. The van der Waals surface area contributed by atoms with Crippen molar-refractivity contribution in [2.45, 2.75) is 33.0 Å². The number of ether oxygens (including phenoxy) is 3. The van der Waals surface area contributed by atoms with Gasteiger partial charge in [-0.3, -0.25) is 19.4 Å². The zero-order valence-corrected chi connectivity index (χ0v) is 22.3. The molecule has 1 amide bonds. The van der Waals surface area contributed by atoms with Gasteiger partial charge in [0, 0.05) is 57.5 Å². The molecule has 9 nitrogen and oxygen atoms in total. The van der Waals surface area contributed by atoms with E-state index in [1.165, 1.54) is 0 Å². The third-order valence-corrected chi connectivity index (χ3v) is 6.92. The average molecular weight is 523 g/mol. The van der Waals surface area contributed by atoms with Gasteiger partial charge in [-0.1, -0.05) is 18.2 Å². The number of para-hydroxylation sites is 1. The SMILES string of the molecule is CCOCCn1c(=O)c(CN(CCN2CCOCC2)[C@@H](C)C(N)=O)cc2ccc(Oc3ccccc3)cc21. The van der Waals surface area contributed by atoms with Crippen LogP contribution in [0.3, 0.4) is 0 Å². The van der Waals surface area contributed by atoms with Gasteiger partial charge < -0.3 is 24.5 Å². The number of carbonyl (C=O) groups is 1. The summed E-state index contributed by atoms with van der Waals surface area (Å²) >= 11 is 0. The number of hydrogen-bond acceptors (Lipinski definition) is 7. The highest BCUT2D eigenvalue weighted by atomic mass is 16.5. The fourth-order valence-electron chi connectivity index (χ4n) is 4.64. The molecule has 1 atom stereocenters. The molecular formula is C29H38N4O5. The van der Waals surface area contributed by atoms with E-state index in [9.17, 15) is 9.59 Å². The van der Waals surface area contributed by atoms with E-state index in [1.807, 2.05) is 66.4 Å². The van der Waals surface area contributed by atoms with Crippen LogP contribution in [0.15, 0.2) is 59.4 Å². The minimum atomic E-state index is -0.510. The van der Waals surface area contributed by atoms with Crippen molar-refractivity contribution in [3.05, 3.63) is 70.5 Å². The monoisotopic (exact) mass is 522 g/mol. The van der Waals surface area contributed by atoms with E-state index >= 15 is 0 Å². The van der Waals surface area contributed by atoms with Gasteiger partial charge in [0.15, 0.2) is 0 Å². The summed E-state index contributed by atoms with van der Waals surface area (Å²) in [5.41, 5.74) is 6.97. The van der Waals surface area contributed by atoms with Crippen LogP contribution in [0.1, 0.15) is 19.4 Å². The smallest absolute Gasteiger partial charge is 0.255 e. The van der Waals surface area contributed by atoms with E-state index in [2.05, 4.69) is 4.90 Å². The molecule has 0 aliphatic carbocycles. The van der Waals surface area contributed by atoms with Gasteiger partial charge >= 0.3 is 0 Å². The number of nitrogens with zero attached hydrogens (tertiary/aromatic N) is 3. The van der Waals surface area contributed by atoms with Crippen molar-refractivity contribution in [1.29, 1.82) is 0 Å². The Bertz CT molecular complexity index is 1260. The molecule has 1 aromatic heterocycles. The second kappa shape index (κ2) is 13.5. The van der Waals surface area contributed by atoms with Gasteiger partial charge in [0.2, 0.25) is 5.91 Å². The molecule has 0 radical (unpaired) electrons. The normalized spacial score (nSPS) is 15.1. The minimum Gasteiger partial charge on any atom is -0.457 e. The summed E-state index contributed by atoms with van der Waals surface area (Å²) in [5.74, 6) is 0.964. The van der Waals surface area contributed by atoms with E-state index in [0.717, 1.165) is 36.3 Å². The van der Waals surface area contributed by atoms with Gasteiger partial charge in [0.05, 0.1) is 31.4 Å². The van der Waals surface area contributed by atoms with Crippen molar-refractivity contribution >= 4 is 16.8 Å². The number of morpholine rings is 1. The first-order chi connectivity index (χ1) is 18.5. The quantitative estimate of drug-likeness (QED) is 0.345. The Kier molecular flexibility index (Phi) is 9.89. The second-order valence-electron chi connectivity index (χ2n) is 9.46. The molecule has 9 heteroatoms. The van der Waals surface area contributed by atoms with Crippen LogP contribution in [-0.2, 0) is 27.4 Å². The Morgan fingerprint density at radius 2 is 1.84 bits per heavy atom. The molecule has 0 bridgehead atoms. The van der Waals surface area contributed by atoms with E-state index in [-0.39, 0.29) is 5.56 Å². The van der Waals surface area contributed by atoms with E-state index in [0.29, 0.717) is 57.4 Å². The predicted molar refractivity (Wildman–Crippen MR) is 148 cm³/mol. The number of pyridine rings is 1. The number of hydrogen-bond donors (Lipinski definition) is 1. The van der Waals surface area contributed by atoms with E-state index < -0.39 is 11.9 Å². The zero-order valence-electron chi connectivity index (χ0n) is 22.3. The molecule has 1 saturated heterocycles. The Balaban J connectivity index is 1.64. The Morgan fingerprint density at radius 1 is 1.08 bits per heavy atom. The van der Waals surface area contributed by atoms with Crippen LogP contribution in [-0.4, -0.2) is 78.9 Å². The number of aromatic nitrogens is 1. The summed E-state index contributed by atoms with van der Waals surface area (Å²) in [4.78, 5) is 30.2. The Morgan fingerprint density at radius 3 is 2.55 bits per heavy atom. The number of amides is 1. The molecule has 3 aromatic rings. The van der Waals surface area contributed by atoms with Crippen LogP contribution < -0.4 is 16.0 Å². The van der Waals surface area contributed by atoms with Crippen molar-refractivity contribution in [3.8, 4) is 11.5 Å². The standard InChI is InChI=1S/C29H38N4O5/c1-3-36-18-15-33-27-20-26(38-25-7-5-4-6-8-25)10-9-23(27)19-24(29(33)35)21-32(22(2)28(30)34)12-11-31-13-16-37-17-14-31/h4-10,19-20,22H,3,11-18,21H2,1-2H3,(H2,30,34)/t22-/m0/s1. The number of fused-ring (bicyclic) bond motifs is 1. The second-order valence-corrected chi connectivity index (χ2v) is 9.46. The first-order valence-electron chi connectivity index (χ1n) is 13.3.